The van der Waals surface area contributed by atoms with Gasteiger partial charge in [-0.1, -0.05) is 0 Å². The number of aromatic carboxylic acids is 1. The summed E-state index contributed by atoms with van der Waals surface area (Å²) >= 11 is 0. The van der Waals surface area contributed by atoms with Crippen molar-refractivity contribution in [2.75, 3.05) is 5.75 Å². The van der Waals surface area contributed by atoms with Crippen LogP contribution in [-0.4, -0.2) is 37.5 Å². The highest BCUT2D eigenvalue weighted by molar-refractivity contribution is 7.91. The second-order valence-electron chi connectivity index (χ2n) is 4.97. The molecule has 0 bridgehead atoms. The van der Waals surface area contributed by atoms with E-state index in [9.17, 15) is 22.0 Å². The molecule has 0 saturated carbocycles. The number of halogens is 2. The van der Waals surface area contributed by atoms with Gasteiger partial charge in [-0.2, -0.15) is 0 Å². The van der Waals surface area contributed by atoms with Crippen LogP contribution in [0.4, 0.5) is 8.78 Å². The standard InChI is InChI=1S/C13H14F2O5S/c1-7-2-3-8(20-7)6-21(18,19)10-5-4-9(14)11(12(10)15)13(16)17/h4-5,7-8H,2-3,6H2,1H3,(H,16,17). The summed E-state index contributed by atoms with van der Waals surface area (Å²) in [5.41, 5.74) is -1.27. The van der Waals surface area contributed by atoms with Crippen molar-refractivity contribution in [1.82, 2.24) is 0 Å². The van der Waals surface area contributed by atoms with E-state index in [1.807, 2.05) is 0 Å². The molecule has 2 unspecified atom stereocenters. The van der Waals surface area contributed by atoms with Gasteiger partial charge in [0.1, 0.15) is 16.3 Å². The Balaban J connectivity index is 2.37. The highest BCUT2D eigenvalue weighted by Crippen LogP contribution is 2.26. The van der Waals surface area contributed by atoms with Crippen LogP contribution >= 0.6 is 0 Å². The summed E-state index contributed by atoms with van der Waals surface area (Å²) < 4.78 is 57.0. The average Bonchev–Trinajstić information content (AvgIpc) is 2.72. The number of carboxylic acids is 1. The van der Waals surface area contributed by atoms with Crippen molar-refractivity contribution in [1.29, 1.82) is 0 Å². The van der Waals surface area contributed by atoms with E-state index < -0.39 is 49.8 Å². The van der Waals surface area contributed by atoms with Crippen molar-refractivity contribution >= 4 is 15.8 Å². The van der Waals surface area contributed by atoms with E-state index in [-0.39, 0.29) is 6.10 Å². The Kier molecular flexibility index (Phi) is 4.29. The Morgan fingerprint density at radius 3 is 2.57 bits per heavy atom. The molecule has 1 aliphatic rings. The zero-order valence-electron chi connectivity index (χ0n) is 11.2. The molecule has 1 aromatic carbocycles. The lowest BCUT2D eigenvalue weighted by Crippen LogP contribution is -2.23. The molecule has 0 spiro atoms. The van der Waals surface area contributed by atoms with Gasteiger partial charge in [-0.25, -0.2) is 22.0 Å². The van der Waals surface area contributed by atoms with Crippen LogP contribution in [-0.2, 0) is 14.6 Å². The lowest BCUT2D eigenvalue weighted by Gasteiger charge is -2.13. The molecule has 2 atom stereocenters. The summed E-state index contributed by atoms with van der Waals surface area (Å²) in [6.07, 6.45) is 0.585. The van der Waals surface area contributed by atoms with E-state index in [0.717, 1.165) is 6.07 Å². The highest BCUT2D eigenvalue weighted by atomic mass is 32.2. The molecule has 1 heterocycles. The monoisotopic (exact) mass is 320 g/mol. The van der Waals surface area contributed by atoms with Gasteiger partial charge in [0.2, 0.25) is 0 Å². The number of hydrogen-bond acceptors (Lipinski definition) is 4. The molecule has 0 amide bonds. The zero-order valence-corrected chi connectivity index (χ0v) is 12.0. The number of carboxylic acid groups (broad SMARTS) is 1. The quantitative estimate of drug-likeness (QED) is 0.858. The van der Waals surface area contributed by atoms with Crippen LogP contribution in [0.5, 0.6) is 0 Å². The number of carbonyl (C=O) groups is 1. The van der Waals surface area contributed by atoms with Crippen LogP contribution in [0.3, 0.4) is 0 Å². The number of rotatable bonds is 4. The third kappa shape index (κ3) is 3.21. The molecule has 1 aromatic rings. The van der Waals surface area contributed by atoms with Crippen molar-refractivity contribution in [3.8, 4) is 0 Å². The summed E-state index contributed by atoms with van der Waals surface area (Å²) in [5.74, 6) is -5.20. The van der Waals surface area contributed by atoms with Crippen LogP contribution in [0.2, 0.25) is 0 Å². The molecule has 0 aliphatic carbocycles. The predicted octanol–water partition coefficient (Wildman–Crippen LogP) is 2.00. The van der Waals surface area contributed by atoms with E-state index in [1.54, 1.807) is 6.92 Å². The zero-order chi connectivity index (χ0) is 15.8. The van der Waals surface area contributed by atoms with Crippen molar-refractivity contribution < 1.29 is 31.8 Å². The minimum Gasteiger partial charge on any atom is -0.477 e. The van der Waals surface area contributed by atoms with Crippen LogP contribution in [0.15, 0.2) is 17.0 Å². The third-order valence-corrected chi connectivity index (χ3v) is 5.13. The van der Waals surface area contributed by atoms with Gasteiger partial charge in [-0.15, -0.1) is 0 Å². The SMILES string of the molecule is CC1CCC(CS(=O)(=O)c2ccc(F)c(C(=O)O)c2F)O1. The highest BCUT2D eigenvalue weighted by Gasteiger charge is 2.32. The minimum atomic E-state index is -4.10. The van der Waals surface area contributed by atoms with Gasteiger partial charge < -0.3 is 9.84 Å². The fourth-order valence-corrected chi connectivity index (χ4v) is 3.88. The molecule has 0 radical (unpaired) electrons. The molecule has 8 heteroatoms. The van der Waals surface area contributed by atoms with E-state index in [0.29, 0.717) is 18.9 Å². The molecule has 21 heavy (non-hydrogen) atoms. The lowest BCUT2D eigenvalue weighted by molar-refractivity contribution is 0.0684. The maximum Gasteiger partial charge on any atom is 0.341 e. The molecular formula is C13H14F2O5S. The van der Waals surface area contributed by atoms with E-state index in [2.05, 4.69) is 0 Å². The van der Waals surface area contributed by atoms with Gasteiger partial charge in [0.15, 0.2) is 15.7 Å². The lowest BCUT2D eigenvalue weighted by atomic mass is 10.2. The summed E-state index contributed by atoms with van der Waals surface area (Å²) in [6, 6.07) is 1.38. The fraction of sp³-hybridized carbons (Fsp3) is 0.462. The van der Waals surface area contributed by atoms with Crippen LogP contribution in [0.25, 0.3) is 0 Å². The van der Waals surface area contributed by atoms with Gasteiger partial charge in [-0.3, -0.25) is 0 Å². The fourth-order valence-electron chi connectivity index (χ4n) is 2.31. The minimum absolute atomic E-state index is 0.0714. The normalized spacial score (nSPS) is 22.4. The summed E-state index contributed by atoms with van der Waals surface area (Å²) in [6.45, 7) is 1.80. The Hall–Kier alpha value is -1.54. The van der Waals surface area contributed by atoms with E-state index >= 15 is 0 Å². The largest absolute Gasteiger partial charge is 0.477 e. The first-order valence-corrected chi connectivity index (χ1v) is 7.97. The second kappa shape index (κ2) is 5.69. The van der Waals surface area contributed by atoms with Crippen molar-refractivity contribution in [3.05, 3.63) is 29.3 Å². The predicted molar refractivity (Wildman–Crippen MR) is 68.9 cm³/mol. The van der Waals surface area contributed by atoms with Gasteiger partial charge in [0.05, 0.1) is 18.0 Å². The first kappa shape index (κ1) is 15.8. The number of benzene rings is 1. The van der Waals surface area contributed by atoms with Crippen LogP contribution in [0, 0.1) is 11.6 Å². The number of sulfone groups is 1. The summed E-state index contributed by atoms with van der Waals surface area (Å²) in [5, 5.41) is 8.76. The van der Waals surface area contributed by atoms with E-state index in [1.165, 1.54) is 0 Å². The van der Waals surface area contributed by atoms with Crippen molar-refractivity contribution in [3.63, 3.8) is 0 Å². The Morgan fingerprint density at radius 1 is 1.38 bits per heavy atom. The van der Waals surface area contributed by atoms with Crippen molar-refractivity contribution in [2.45, 2.75) is 36.9 Å². The third-order valence-electron chi connectivity index (χ3n) is 3.33. The number of hydrogen-bond donors (Lipinski definition) is 1. The molecule has 5 nitrogen and oxygen atoms in total. The molecule has 2 rings (SSSR count). The second-order valence-corrected chi connectivity index (χ2v) is 6.97. The summed E-state index contributed by atoms with van der Waals surface area (Å²) in [7, 11) is -4.10. The smallest absolute Gasteiger partial charge is 0.341 e. The molecule has 1 saturated heterocycles. The molecular weight excluding hydrogens is 306 g/mol. The van der Waals surface area contributed by atoms with Gasteiger partial charge in [0, 0.05) is 0 Å². The van der Waals surface area contributed by atoms with Gasteiger partial charge in [-0.05, 0) is 31.9 Å². The Bertz CT molecular complexity index is 671. The maximum absolute atomic E-state index is 14.0. The summed E-state index contributed by atoms with van der Waals surface area (Å²) in [4.78, 5) is 9.99. The average molecular weight is 320 g/mol. The van der Waals surface area contributed by atoms with E-state index in [4.69, 9.17) is 9.84 Å². The first-order valence-electron chi connectivity index (χ1n) is 6.32. The van der Waals surface area contributed by atoms with Gasteiger partial charge in [0.25, 0.3) is 0 Å². The Morgan fingerprint density at radius 2 is 2.05 bits per heavy atom. The maximum atomic E-state index is 14.0. The molecule has 1 fully saturated rings. The molecule has 1 N–H and O–H groups in total. The number of ether oxygens (including phenoxy) is 1. The first-order chi connectivity index (χ1) is 9.72. The van der Waals surface area contributed by atoms with Crippen LogP contribution in [0.1, 0.15) is 30.1 Å². The molecule has 0 aromatic heterocycles. The topological polar surface area (TPSA) is 80.7 Å². The van der Waals surface area contributed by atoms with Crippen LogP contribution < -0.4 is 0 Å². The van der Waals surface area contributed by atoms with Crippen molar-refractivity contribution in [2.24, 2.45) is 0 Å². The Labute approximate surface area is 120 Å². The van der Waals surface area contributed by atoms with Gasteiger partial charge >= 0.3 is 5.97 Å². The molecule has 116 valence electrons. The molecule has 1 aliphatic heterocycles.